The van der Waals surface area contributed by atoms with Crippen LogP contribution in [0.25, 0.3) is 0 Å². The lowest BCUT2D eigenvalue weighted by Gasteiger charge is -2.09. The molecule has 0 aliphatic heterocycles. The molecule has 0 aromatic heterocycles. The summed E-state index contributed by atoms with van der Waals surface area (Å²) in [5, 5.41) is 8.88. The predicted octanol–water partition coefficient (Wildman–Crippen LogP) is 2.98. The molecular weight excluding hydrogens is 280 g/mol. The lowest BCUT2D eigenvalue weighted by molar-refractivity contribution is 0.0600. The summed E-state index contributed by atoms with van der Waals surface area (Å²) in [6, 6.07) is 15.0. The van der Waals surface area contributed by atoms with Gasteiger partial charge < -0.3 is 14.6 Å². The zero-order valence-corrected chi connectivity index (χ0v) is 12.6. The summed E-state index contributed by atoms with van der Waals surface area (Å²) in [5.41, 5.74) is 2.70. The van der Waals surface area contributed by atoms with Crippen molar-refractivity contribution in [2.45, 2.75) is 19.4 Å². The van der Waals surface area contributed by atoms with Gasteiger partial charge in [-0.25, -0.2) is 4.79 Å². The van der Waals surface area contributed by atoms with Crippen molar-refractivity contribution in [3.63, 3.8) is 0 Å². The maximum absolute atomic E-state index is 11.5. The van der Waals surface area contributed by atoms with Gasteiger partial charge in [0.15, 0.2) is 0 Å². The molecule has 0 atom stereocenters. The zero-order chi connectivity index (χ0) is 15.8. The summed E-state index contributed by atoms with van der Waals surface area (Å²) >= 11 is 0. The highest BCUT2D eigenvalue weighted by Gasteiger charge is 2.06. The molecule has 116 valence electrons. The molecule has 0 aliphatic carbocycles. The third-order valence-corrected chi connectivity index (χ3v) is 3.28. The summed E-state index contributed by atoms with van der Waals surface area (Å²) in [6.45, 7) is 0.624. The minimum atomic E-state index is -0.378. The first-order valence-electron chi connectivity index (χ1n) is 7.23. The third kappa shape index (κ3) is 4.60. The number of aliphatic hydroxyl groups excluding tert-OH is 1. The molecule has 2 aromatic carbocycles. The van der Waals surface area contributed by atoms with Gasteiger partial charge in [0, 0.05) is 6.61 Å². The molecule has 22 heavy (non-hydrogen) atoms. The topological polar surface area (TPSA) is 55.8 Å². The number of carbonyl (C=O) groups excluding carboxylic acids is 1. The maximum Gasteiger partial charge on any atom is 0.337 e. The minimum Gasteiger partial charge on any atom is -0.489 e. The monoisotopic (exact) mass is 300 g/mol. The van der Waals surface area contributed by atoms with Gasteiger partial charge in [-0.05, 0) is 42.2 Å². The Morgan fingerprint density at radius 2 is 1.86 bits per heavy atom. The SMILES string of the molecule is COC(=O)c1cccc(OCc2cccc(CCCO)c2)c1. The van der Waals surface area contributed by atoms with Gasteiger partial charge in [-0.1, -0.05) is 30.3 Å². The second kappa shape index (κ2) is 8.20. The van der Waals surface area contributed by atoms with Crippen molar-refractivity contribution < 1.29 is 19.4 Å². The van der Waals surface area contributed by atoms with Crippen LogP contribution in [0.3, 0.4) is 0 Å². The Labute approximate surface area is 130 Å². The van der Waals surface area contributed by atoms with E-state index < -0.39 is 0 Å². The summed E-state index contributed by atoms with van der Waals surface area (Å²) in [5.74, 6) is 0.250. The molecule has 4 heteroatoms. The number of rotatable bonds is 7. The van der Waals surface area contributed by atoms with Crippen LogP contribution in [-0.2, 0) is 17.8 Å². The summed E-state index contributed by atoms with van der Waals surface area (Å²) in [7, 11) is 1.35. The molecular formula is C18H20O4. The number of ether oxygens (including phenoxy) is 2. The molecule has 0 saturated heterocycles. The molecule has 0 saturated carbocycles. The summed E-state index contributed by atoms with van der Waals surface area (Å²) < 4.78 is 10.4. The van der Waals surface area contributed by atoms with E-state index in [1.807, 2.05) is 24.3 Å². The second-order valence-electron chi connectivity index (χ2n) is 4.96. The Bertz CT molecular complexity index is 622. The van der Waals surface area contributed by atoms with Crippen LogP contribution in [0.2, 0.25) is 0 Å². The van der Waals surface area contributed by atoms with Crippen LogP contribution in [0.1, 0.15) is 27.9 Å². The van der Waals surface area contributed by atoms with E-state index in [0.717, 1.165) is 18.4 Å². The standard InChI is InChI=1S/C18H20O4/c1-21-18(20)16-8-3-9-17(12-16)22-13-15-6-2-5-14(11-15)7-4-10-19/h2-3,5-6,8-9,11-12,19H,4,7,10,13H2,1H3. The summed E-state index contributed by atoms with van der Waals surface area (Å²) in [4.78, 5) is 11.5. The van der Waals surface area contributed by atoms with E-state index in [9.17, 15) is 4.79 Å². The molecule has 0 heterocycles. The maximum atomic E-state index is 11.5. The van der Waals surface area contributed by atoms with Gasteiger partial charge in [-0.3, -0.25) is 0 Å². The lowest BCUT2D eigenvalue weighted by Crippen LogP contribution is -2.02. The fraction of sp³-hybridized carbons (Fsp3) is 0.278. The average molecular weight is 300 g/mol. The predicted molar refractivity (Wildman–Crippen MR) is 84.0 cm³/mol. The highest BCUT2D eigenvalue weighted by atomic mass is 16.5. The van der Waals surface area contributed by atoms with Crippen molar-refractivity contribution in [2.24, 2.45) is 0 Å². The van der Waals surface area contributed by atoms with Crippen LogP contribution < -0.4 is 4.74 Å². The van der Waals surface area contributed by atoms with Gasteiger partial charge in [0.25, 0.3) is 0 Å². The first-order valence-corrected chi connectivity index (χ1v) is 7.23. The zero-order valence-electron chi connectivity index (χ0n) is 12.6. The number of carbonyl (C=O) groups is 1. The normalized spacial score (nSPS) is 10.3. The van der Waals surface area contributed by atoms with Crippen molar-refractivity contribution >= 4 is 5.97 Å². The van der Waals surface area contributed by atoms with Crippen molar-refractivity contribution in [1.82, 2.24) is 0 Å². The van der Waals surface area contributed by atoms with E-state index in [0.29, 0.717) is 17.9 Å². The van der Waals surface area contributed by atoms with Gasteiger partial charge in [-0.2, -0.15) is 0 Å². The third-order valence-electron chi connectivity index (χ3n) is 3.28. The fourth-order valence-corrected chi connectivity index (χ4v) is 2.16. The molecule has 0 bridgehead atoms. The Hall–Kier alpha value is -2.33. The van der Waals surface area contributed by atoms with Crippen molar-refractivity contribution in [1.29, 1.82) is 0 Å². The van der Waals surface area contributed by atoms with Gasteiger partial charge in [0.2, 0.25) is 0 Å². The quantitative estimate of drug-likeness (QED) is 0.799. The number of hydrogen-bond acceptors (Lipinski definition) is 4. The molecule has 0 radical (unpaired) electrons. The van der Waals surface area contributed by atoms with Crippen LogP contribution >= 0.6 is 0 Å². The van der Waals surface area contributed by atoms with E-state index in [-0.39, 0.29) is 12.6 Å². The van der Waals surface area contributed by atoms with E-state index in [1.165, 1.54) is 12.7 Å². The first-order chi connectivity index (χ1) is 10.7. The number of benzene rings is 2. The Kier molecular flexibility index (Phi) is 5.98. The van der Waals surface area contributed by atoms with Crippen molar-refractivity contribution in [2.75, 3.05) is 13.7 Å². The van der Waals surface area contributed by atoms with E-state index in [4.69, 9.17) is 14.6 Å². The number of aryl methyl sites for hydroxylation is 1. The first kappa shape index (κ1) is 16.0. The largest absolute Gasteiger partial charge is 0.489 e. The van der Waals surface area contributed by atoms with Gasteiger partial charge in [0.1, 0.15) is 12.4 Å². The number of aliphatic hydroxyl groups is 1. The van der Waals surface area contributed by atoms with Crippen LogP contribution in [0, 0.1) is 0 Å². The lowest BCUT2D eigenvalue weighted by atomic mass is 10.1. The molecule has 0 unspecified atom stereocenters. The molecule has 4 nitrogen and oxygen atoms in total. The van der Waals surface area contributed by atoms with E-state index in [2.05, 4.69) is 6.07 Å². The van der Waals surface area contributed by atoms with Crippen LogP contribution in [0.5, 0.6) is 5.75 Å². The van der Waals surface area contributed by atoms with Gasteiger partial charge in [-0.15, -0.1) is 0 Å². The second-order valence-corrected chi connectivity index (χ2v) is 4.96. The van der Waals surface area contributed by atoms with E-state index >= 15 is 0 Å². The molecule has 0 amide bonds. The summed E-state index contributed by atoms with van der Waals surface area (Å²) in [6.07, 6.45) is 1.60. The molecule has 0 aliphatic rings. The van der Waals surface area contributed by atoms with Gasteiger partial charge in [0.05, 0.1) is 12.7 Å². The molecule has 2 rings (SSSR count). The molecule has 1 N–H and O–H groups in total. The van der Waals surface area contributed by atoms with Gasteiger partial charge >= 0.3 is 5.97 Å². The van der Waals surface area contributed by atoms with Crippen LogP contribution in [0.4, 0.5) is 0 Å². The van der Waals surface area contributed by atoms with Crippen molar-refractivity contribution in [3.8, 4) is 5.75 Å². The smallest absolute Gasteiger partial charge is 0.337 e. The number of esters is 1. The number of methoxy groups -OCH3 is 1. The molecule has 0 spiro atoms. The highest BCUT2D eigenvalue weighted by Crippen LogP contribution is 2.16. The van der Waals surface area contributed by atoms with Crippen LogP contribution in [0.15, 0.2) is 48.5 Å². The number of hydrogen-bond donors (Lipinski definition) is 1. The molecule has 0 fully saturated rings. The Balaban J connectivity index is 1.99. The van der Waals surface area contributed by atoms with E-state index in [1.54, 1.807) is 18.2 Å². The van der Waals surface area contributed by atoms with Crippen molar-refractivity contribution in [3.05, 3.63) is 65.2 Å². The highest BCUT2D eigenvalue weighted by molar-refractivity contribution is 5.89. The fourth-order valence-electron chi connectivity index (χ4n) is 2.16. The van der Waals surface area contributed by atoms with Crippen LogP contribution in [-0.4, -0.2) is 24.8 Å². The minimum absolute atomic E-state index is 0.195. The molecule has 2 aromatic rings. The Morgan fingerprint density at radius 3 is 2.64 bits per heavy atom. The Morgan fingerprint density at radius 1 is 1.09 bits per heavy atom. The average Bonchev–Trinajstić information content (AvgIpc) is 2.58.